The molecule has 194 valence electrons. The molecule has 3 atom stereocenters. The van der Waals surface area contributed by atoms with Crippen LogP contribution in [-0.2, 0) is 12.8 Å². The quantitative estimate of drug-likeness (QED) is 0.409. The second kappa shape index (κ2) is 10.9. The van der Waals surface area contributed by atoms with Crippen molar-refractivity contribution in [1.82, 2.24) is 20.6 Å². The fourth-order valence-corrected chi connectivity index (χ4v) is 5.18. The second-order valence-electron chi connectivity index (χ2n) is 10.1. The van der Waals surface area contributed by atoms with Gasteiger partial charge in [-0.25, -0.2) is 14.4 Å². The summed E-state index contributed by atoms with van der Waals surface area (Å²) < 4.78 is 20.5. The van der Waals surface area contributed by atoms with Crippen LogP contribution in [0.2, 0.25) is 0 Å². The van der Waals surface area contributed by atoms with Gasteiger partial charge in [-0.15, -0.1) is 0 Å². The topological polar surface area (TPSA) is 96.4 Å². The van der Waals surface area contributed by atoms with Crippen molar-refractivity contribution in [2.45, 2.75) is 69.2 Å². The van der Waals surface area contributed by atoms with Gasteiger partial charge in [-0.05, 0) is 61.4 Å². The Balaban J connectivity index is 1.33. The number of hydrogen-bond acceptors (Lipinski definition) is 6. The van der Waals surface area contributed by atoms with Crippen LogP contribution in [0.4, 0.5) is 4.39 Å². The number of rotatable bonds is 9. The van der Waals surface area contributed by atoms with E-state index in [0.717, 1.165) is 48.8 Å². The van der Waals surface area contributed by atoms with Crippen molar-refractivity contribution in [3.8, 4) is 5.88 Å². The van der Waals surface area contributed by atoms with Gasteiger partial charge < -0.3 is 20.5 Å². The molecule has 0 saturated heterocycles. The Morgan fingerprint density at radius 2 is 2.00 bits per heavy atom. The van der Waals surface area contributed by atoms with Crippen LogP contribution >= 0.6 is 0 Å². The van der Waals surface area contributed by atoms with Gasteiger partial charge in [-0.3, -0.25) is 4.79 Å². The minimum absolute atomic E-state index is 0.0287. The smallest absolute Gasteiger partial charge is 0.273 e. The molecule has 1 fully saturated rings. The number of ether oxygens (including phenoxy) is 1. The van der Waals surface area contributed by atoms with Crippen molar-refractivity contribution < 1.29 is 19.0 Å². The van der Waals surface area contributed by atoms with E-state index >= 15 is 0 Å². The summed E-state index contributed by atoms with van der Waals surface area (Å²) in [6, 6.07) is 13.7. The highest BCUT2D eigenvalue weighted by atomic mass is 19.1. The first-order chi connectivity index (χ1) is 18.0. The van der Waals surface area contributed by atoms with Gasteiger partial charge in [0.15, 0.2) is 11.5 Å². The highest BCUT2D eigenvalue weighted by Crippen LogP contribution is 2.48. The van der Waals surface area contributed by atoms with Crippen LogP contribution in [-0.4, -0.2) is 45.3 Å². The molecule has 8 heteroatoms. The van der Waals surface area contributed by atoms with Crippen molar-refractivity contribution in [3.63, 3.8) is 0 Å². The number of hydrogen-bond donors (Lipinski definition) is 3. The van der Waals surface area contributed by atoms with Gasteiger partial charge in [0, 0.05) is 37.0 Å². The van der Waals surface area contributed by atoms with E-state index in [-0.39, 0.29) is 23.9 Å². The predicted octanol–water partition coefficient (Wildman–Crippen LogP) is 3.92. The lowest BCUT2D eigenvalue weighted by atomic mass is 9.73. The predicted molar refractivity (Wildman–Crippen MR) is 138 cm³/mol. The van der Waals surface area contributed by atoms with Crippen LogP contribution < -0.4 is 15.4 Å². The number of halogens is 1. The molecule has 7 nitrogen and oxygen atoms in total. The van der Waals surface area contributed by atoms with Crippen LogP contribution in [0.3, 0.4) is 0 Å². The van der Waals surface area contributed by atoms with Crippen LogP contribution in [0, 0.1) is 5.82 Å². The molecule has 3 aromatic rings. The Morgan fingerprint density at radius 3 is 2.70 bits per heavy atom. The molecule has 0 radical (unpaired) electrons. The molecule has 1 saturated carbocycles. The summed E-state index contributed by atoms with van der Waals surface area (Å²) in [4.78, 5) is 21.4. The lowest BCUT2D eigenvalue weighted by Crippen LogP contribution is -2.52. The summed E-state index contributed by atoms with van der Waals surface area (Å²) in [7, 11) is 0. The van der Waals surface area contributed by atoms with Crippen molar-refractivity contribution >= 4 is 5.91 Å². The molecule has 1 aromatic carbocycles. The average Bonchev–Trinajstić information content (AvgIpc) is 2.90. The average molecular weight is 505 g/mol. The Labute approximate surface area is 216 Å². The molecule has 3 N–H and O–H groups in total. The highest BCUT2D eigenvalue weighted by molar-refractivity contribution is 5.92. The third-order valence-corrected chi connectivity index (χ3v) is 7.50. The van der Waals surface area contributed by atoms with Gasteiger partial charge in [0.05, 0.1) is 12.1 Å². The number of nitrogens with zero attached hydrogens (tertiary/aromatic N) is 2. The Bertz CT molecular complexity index is 1230. The zero-order valence-corrected chi connectivity index (χ0v) is 21.0. The molecular formula is C29H33FN4O3. The number of nitrogens with one attached hydrogen (secondary N) is 2. The van der Waals surface area contributed by atoms with Crippen LogP contribution in [0.5, 0.6) is 5.88 Å². The molecular weight excluding hydrogens is 471 g/mol. The van der Waals surface area contributed by atoms with E-state index < -0.39 is 23.9 Å². The second-order valence-corrected chi connectivity index (χ2v) is 10.1. The van der Waals surface area contributed by atoms with Crippen LogP contribution in [0.15, 0.2) is 60.9 Å². The minimum Gasteiger partial charge on any atom is -0.471 e. The van der Waals surface area contributed by atoms with E-state index in [2.05, 4.69) is 33.6 Å². The van der Waals surface area contributed by atoms with Gasteiger partial charge >= 0.3 is 0 Å². The fraction of sp³-hybridized carbons (Fsp3) is 0.414. The number of carbonyl (C=O) groups excluding carboxylic acids is 1. The number of aryl methyl sites for hydroxylation is 1. The van der Waals surface area contributed by atoms with Crippen molar-refractivity contribution in [2.24, 2.45) is 0 Å². The first kappa shape index (κ1) is 25.3. The lowest BCUT2D eigenvalue weighted by molar-refractivity contribution is -0.0420. The van der Waals surface area contributed by atoms with Gasteiger partial charge in [0.25, 0.3) is 5.91 Å². The summed E-state index contributed by atoms with van der Waals surface area (Å²) in [5.41, 5.74) is 2.60. The maximum atomic E-state index is 14.2. The molecule has 37 heavy (non-hydrogen) atoms. The standard InChI is InChI=1S/C29H33FN4O3/c1-2-19-14-21-24(16-29(11-7-12-29)37-28(21)33-17-19)32-18-25(35)23(15-20-8-4-3-5-9-20)34-27(36)26-22(30)10-6-13-31-26/h3-6,8-10,13-14,17,23-25,32,35H,2,7,11-12,15-16,18H2,1H3,(H,34,36)/t23-,24-,25+/m0/s1. The molecule has 1 aliphatic carbocycles. The molecule has 1 spiro atoms. The summed E-state index contributed by atoms with van der Waals surface area (Å²) in [6.07, 6.45) is 7.49. The number of pyridine rings is 2. The fourth-order valence-electron chi connectivity index (χ4n) is 5.18. The van der Waals surface area contributed by atoms with Gasteiger partial charge in [-0.1, -0.05) is 37.3 Å². The first-order valence-corrected chi connectivity index (χ1v) is 13.0. The van der Waals surface area contributed by atoms with E-state index in [1.807, 2.05) is 36.5 Å². The largest absolute Gasteiger partial charge is 0.471 e. The molecule has 1 amide bonds. The van der Waals surface area contributed by atoms with Crippen LogP contribution in [0.25, 0.3) is 0 Å². The molecule has 0 unspecified atom stereocenters. The number of aromatic nitrogens is 2. The number of aliphatic hydroxyl groups excluding tert-OH is 1. The highest BCUT2D eigenvalue weighted by Gasteiger charge is 2.46. The molecule has 2 aliphatic rings. The summed E-state index contributed by atoms with van der Waals surface area (Å²) >= 11 is 0. The van der Waals surface area contributed by atoms with Crippen molar-refractivity contribution in [1.29, 1.82) is 0 Å². The lowest BCUT2D eigenvalue weighted by Gasteiger charge is -2.47. The molecule has 1 aliphatic heterocycles. The van der Waals surface area contributed by atoms with Gasteiger partial charge in [0.2, 0.25) is 5.88 Å². The van der Waals surface area contributed by atoms with Crippen molar-refractivity contribution in [3.05, 3.63) is 89.1 Å². The minimum atomic E-state index is -0.929. The summed E-state index contributed by atoms with van der Waals surface area (Å²) in [5.74, 6) is -0.690. The van der Waals surface area contributed by atoms with E-state index in [1.165, 1.54) is 18.3 Å². The Hall–Kier alpha value is -3.36. The van der Waals surface area contributed by atoms with E-state index in [0.29, 0.717) is 12.3 Å². The number of amides is 1. The van der Waals surface area contributed by atoms with E-state index in [9.17, 15) is 14.3 Å². The van der Waals surface area contributed by atoms with Crippen molar-refractivity contribution in [2.75, 3.05) is 6.54 Å². The third-order valence-electron chi connectivity index (χ3n) is 7.50. The third kappa shape index (κ3) is 5.65. The number of carbonyl (C=O) groups is 1. The van der Waals surface area contributed by atoms with Crippen LogP contribution in [0.1, 0.15) is 65.8 Å². The number of benzene rings is 1. The molecule has 5 rings (SSSR count). The maximum Gasteiger partial charge on any atom is 0.273 e. The zero-order chi connectivity index (χ0) is 25.8. The Morgan fingerprint density at radius 1 is 1.19 bits per heavy atom. The molecule has 2 aromatic heterocycles. The summed E-state index contributed by atoms with van der Waals surface area (Å²) in [6.45, 7) is 2.33. The van der Waals surface area contributed by atoms with E-state index in [1.54, 1.807) is 0 Å². The normalized spacial score (nSPS) is 19.3. The molecule has 0 bridgehead atoms. The SMILES string of the molecule is CCc1cnc2c(c1)[C@@H](NC[C@@H](O)[C@H](Cc1ccccc1)NC(=O)c1ncccc1F)CC1(CCC1)O2. The monoisotopic (exact) mass is 504 g/mol. The first-order valence-electron chi connectivity index (χ1n) is 13.0. The van der Waals surface area contributed by atoms with Gasteiger partial charge in [-0.2, -0.15) is 0 Å². The Kier molecular flexibility index (Phi) is 7.48. The van der Waals surface area contributed by atoms with Gasteiger partial charge in [0.1, 0.15) is 5.60 Å². The maximum absolute atomic E-state index is 14.2. The number of fused-ring (bicyclic) bond motifs is 1. The number of aliphatic hydroxyl groups is 1. The van der Waals surface area contributed by atoms with E-state index in [4.69, 9.17) is 4.74 Å². The summed E-state index contributed by atoms with van der Waals surface area (Å²) in [5, 5.41) is 17.6. The zero-order valence-electron chi connectivity index (χ0n) is 21.0. The molecule has 3 heterocycles.